The highest BCUT2D eigenvalue weighted by Crippen LogP contribution is 2.45. The standard InChI is InChI=1S/C40H47N7O7/c1-25(48)44-45-37(52)40-22-28(40)19-13-5-6-14-20-31(42-38(53)54-39(2,3)4)35(50)46-24-29(21-32(46)34(49)43-40)47-36(51)33(27-17-11-8-12-18-27)30(23-41-47)26-15-9-7-10-16-26/h7-13,15-19,23,28-29,31-32H,5-6,14,20-22,24H2,1-4H3,(H,42,53)(H,43,49)(H,44,48)(H,45,52)/b19-13-/t28-,29-,31+,32+,40-/m1/s1. The van der Waals surface area contributed by atoms with Gasteiger partial charge in [0.15, 0.2) is 0 Å². The maximum absolute atomic E-state index is 14.5. The average molecular weight is 738 g/mol. The first-order chi connectivity index (χ1) is 25.8. The van der Waals surface area contributed by atoms with Crippen molar-refractivity contribution >= 4 is 29.7 Å². The molecular weight excluding hydrogens is 690 g/mol. The molecule has 0 unspecified atom stereocenters. The second kappa shape index (κ2) is 15.7. The van der Waals surface area contributed by atoms with Crippen LogP contribution in [0.25, 0.3) is 22.3 Å². The van der Waals surface area contributed by atoms with E-state index >= 15 is 0 Å². The lowest BCUT2D eigenvalue weighted by Gasteiger charge is -2.30. The highest BCUT2D eigenvalue weighted by Gasteiger charge is 2.61. The number of nitrogens with one attached hydrogen (secondary N) is 4. The summed E-state index contributed by atoms with van der Waals surface area (Å²) in [6.07, 6.45) is 7.18. The van der Waals surface area contributed by atoms with E-state index in [4.69, 9.17) is 4.74 Å². The van der Waals surface area contributed by atoms with Crippen molar-refractivity contribution in [1.29, 1.82) is 0 Å². The lowest BCUT2D eigenvalue weighted by atomic mass is 9.97. The number of hydrogen-bond acceptors (Lipinski definition) is 8. The van der Waals surface area contributed by atoms with Crippen molar-refractivity contribution in [2.24, 2.45) is 5.92 Å². The van der Waals surface area contributed by atoms with Crippen LogP contribution in [-0.4, -0.2) is 74.2 Å². The fourth-order valence-corrected chi connectivity index (χ4v) is 7.25. The molecule has 1 aliphatic carbocycles. The molecule has 1 saturated carbocycles. The zero-order valence-corrected chi connectivity index (χ0v) is 31.0. The van der Waals surface area contributed by atoms with Gasteiger partial charge < -0.3 is 20.3 Å². The molecule has 14 heteroatoms. The fraction of sp³-hybridized carbons (Fsp3) is 0.425. The predicted octanol–water partition coefficient (Wildman–Crippen LogP) is 3.79. The lowest BCUT2D eigenvalue weighted by Crippen LogP contribution is -2.59. The van der Waals surface area contributed by atoms with Gasteiger partial charge in [0, 0.05) is 31.4 Å². The number of carbonyl (C=O) groups excluding carboxylic acids is 5. The van der Waals surface area contributed by atoms with Crippen LogP contribution in [0.2, 0.25) is 0 Å². The quantitative estimate of drug-likeness (QED) is 0.226. The number of rotatable bonds is 5. The van der Waals surface area contributed by atoms with E-state index in [1.165, 1.54) is 16.5 Å². The third kappa shape index (κ3) is 8.37. The summed E-state index contributed by atoms with van der Waals surface area (Å²) < 4.78 is 6.83. The molecule has 3 heterocycles. The van der Waals surface area contributed by atoms with E-state index in [2.05, 4.69) is 26.6 Å². The van der Waals surface area contributed by atoms with Crippen LogP contribution in [0.5, 0.6) is 0 Å². The molecule has 14 nitrogen and oxygen atoms in total. The highest BCUT2D eigenvalue weighted by atomic mass is 16.6. The fourth-order valence-electron chi connectivity index (χ4n) is 7.25. The number of nitrogens with zero attached hydrogens (tertiary/aromatic N) is 3. The molecule has 6 rings (SSSR count). The van der Waals surface area contributed by atoms with Crippen LogP contribution in [0.1, 0.15) is 72.3 Å². The van der Waals surface area contributed by atoms with Gasteiger partial charge in [0.25, 0.3) is 11.5 Å². The number of alkyl carbamates (subject to hydrolysis) is 1. The summed E-state index contributed by atoms with van der Waals surface area (Å²) in [5, 5.41) is 10.3. The summed E-state index contributed by atoms with van der Waals surface area (Å²) in [7, 11) is 0. The van der Waals surface area contributed by atoms with Crippen LogP contribution in [0.15, 0.2) is 83.8 Å². The Kier molecular flexibility index (Phi) is 11.0. The third-order valence-electron chi connectivity index (χ3n) is 9.95. The lowest BCUT2D eigenvalue weighted by molar-refractivity contribution is -0.141. The summed E-state index contributed by atoms with van der Waals surface area (Å²) >= 11 is 0. The van der Waals surface area contributed by atoms with Gasteiger partial charge in [-0.25, -0.2) is 9.48 Å². The molecule has 0 bridgehead atoms. The van der Waals surface area contributed by atoms with Crippen molar-refractivity contribution in [2.75, 3.05) is 6.54 Å². The Labute approximate surface area is 313 Å². The van der Waals surface area contributed by atoms with E-state index in [-0.39, 0.29) is 31.7 Å². The first-order valence-corrected chi connectivity index (χ1v) is 18.4. The summed E-state index contributed by atoms with van der Waals surface area (Å²) in [6, 6.07) is 15.8. The van der Waals surface area contributed by atoms with E-state index in [1.54, 1.807) is 27.0 Å². The molecule has 284 valence electrons. The van der Waals surface area contributed by atoms with Gasteiger partial charge in [-0.05, 0) is 57.6 Å². The Bertz CT molecular complexity index is 1990. The Morgan fingerprint density at radius 2 is 1.63 bits per heavy atom. The number of hydrazine groups is 1. The summed E-state index contributed by atoms with van der Waals surface area (Å²) in [6.45, 7) is 6.36. The molecular formula is C40H47N7O7. The SMILES string of the molecule is CC(=O)NNC(=O)[C@@]12C[C@H]1/C=C\CCCC[C@H](NC(=O)OC(C)(C)C)C(=O)N1C[C@H](n3ncc(-c4ccccc4)c(-c4ccccc4)c3=O)C[C@H]1C(=O)N2. The Balaban J connectivity index is 1.39. The largest absolute Gasteiger partial charge is 0.444 e. The van der Waals surface area contributed by atoms with Crippen molar-refractivity contribution in [1.82, 2.24) is 36.2 Å². The zero-order valence-electron chi connectivity index (χ0n) is 31.0. The van der Waals surface area contributed by atoms with Crippen molar-refractivity contribution in [3.05, 3.63) is 89.4 Å². The number of aromatic nitrogens is 2. The van der Waals surface area contributed by atoms with Gasteiger partial charge in [0.2, 0.25) is 17.7 Å². The Morgan fingerprint density at radius 3 is 2.30 bits per heavy atom. The molecule has 1 aromatic heterocycles. The normalized spacial score (nSPS) is 24.9. The summed E-state index contributed by atoms with van der Waals surface area (Å²) in [5.41, 5.74) is 4.67. The number of fused-ring (bicyclic) bond motifs is 2. The number of hydrogen-bond donors (Lipinski definition) is 4. The maximum atomic E-state index is 14.5. The van der Waals surface area contributed by atoms with E-state index in [0.29, 0.717) is 36.0 Å². The highest BCUT2D eigenvalue weighted by molar-refractivity contribution is 5.99. The molecule has 2 fully saturated rings. The van der Waals surface area contributed by atoms with Crippen molar-refractivity contribution in [3.63, 3.8) is 0 Å². The summed E-state index contributed by atoms with van der Waals surface area (Å²) in [4.78, 5) is 82.9. The van der Waals surface area contributed by atoms with Crippen LogP contribution in [0.3, 0.4) is 0 Å². The minimum absolute atomic E-state index is 0.00640. The van der Waals surface area contributed by atoms with Crippen LogP contribution in [0, 0.1) is 5.92 Å². The monoisotopic (exact) mass is 737 g/mol. The summed E-state index contributed by atoms with van der Waals surface area (Å²) in [5.74, 6) is -2.54. The van der Waals surface area contributed by atoms with Gasteiger partial charge >= 0.3 is 6.09 Å². The van der Waals surface area contributed by atoms with Crippen LogP contribution in [-0.2, 0) is 23.9 Å². The van der Waals surface area contributed by atoms with Gasteiger partial charge in [-0.1, -0.05) is 79.2 Å². The van der Waals surface area contributed by atoms with Crippen molar-refractivity contribution < 1.29 is 28.7 Å². The second-order valence-corrected chi connectivity index (χ2v) is 15.1. The number of allylic oxidation sites excluding steroid dienone is 1. The van der Waals surface area contributed by atoms with E-state index in [0.717, 1.165) is 5.56 Å². The molecule has 2 aromatic carbocycles. The number of amides is 5. The van der Waals surface area contributed by atoms with Crippen LogP contribution >= 0.6 is 0 Å². The van der Waals surface area contributed by atoms with Crippen LogP contribution in [0.4, 0.5) is 4.79 Å². The number of benzene rings is 2. The third-order valence-corrected chi connectivity index (χ3v) is 9.95. The van der Waals surface area contributed by atoms with Crippen molar-refractivity contribution in [2.45, 2.75) is 95.5 Å². The molecule has 5 atom stereocenters. The van der Waals surface area contributed by atoms with Gasteiger partial charge in [-0.3, -0.25) is 34.8 Å². The Hall–Kier alpha value is -5.79. The van der Waals surface area contributed by atoms with E-state index in [9.17, 15) is 28.8 Å². The molecule has 0 radical (unpaired) electrons. The topological polar surface area (TPSA) is 181 Å². The molecule has 1 saturated heterocycles. The molecule has 54 heavy (non-hydrogen) atoms. The van der Waals surface area contributed by atoms with Crippen molar-refractivity contribution in [3.8, 4) is 22.3 Å². The second-order valence-electron chi connectivity index (χ2n) is 15.1. The smallest absolute Gasteiger partial charge is 0.408 e. The minimum atomic E-state index is -1.37. The minimum Gasteiger partial charge on any atom is -0.444 e. The molecule has 3 aromatic rings. The molecule has 4 N–H and O–H groups in total. The number of ether oxygens (including phenoxy) is 1. The van der Waals surface area contributed by atoms with Gasteiger partial charge in [0.05, 0.1) is 17.8 Å². The average Bonchev–Trinajstić information content (AvgIpc) is 3.64. The Morgan fingerprint density at radius 1 is 0.944 bits per heavy atom. The first kappa shape index (κ1) is 38.0. The molecule has 5 amide bonds. The first-order valence-electron chi connectivity index (χ1n) is 18.4. The molecule has 3 aliphatic rings. The van der Waals surface area contributed by atoms with E-state index < -0.39 is 64.5 Å². The van der Waals surface area contributed by atoms with Gasteiger partial charge in [0.1, 0.15) is 23.2 Å². The van der Waals surface area contributed by atoms with Gasteiger partial charge in [-0.2, -0.15) is 5.10 Å². The number of carbonyl (C=O) groups is 5. The predicted molar refractivity (Wildman–Crippen MR) is 200 cm³/mol. The van der Waals surface area contributed by atoms with Gasteiger partial charge in [-0.15, -0.1) is 0 Å². The molecule has 2 aliphatic heterocycles. The zero-order chi connectivity index (χ0) is 38.6. The maximum Gasteiger partial charge on any atom is 0.408 e. The van der Waals surface area contributed by atoms with E-state index in [1.807, 2.05) is 72.8 Å². The van der Waals surface area contributed by atoms with Crippen LogP contribution < -0.4 is 27.0 Å². The molecule has 0 spiro atoms.